The van der Waals surface area contributed by atoms with Gasteiger partial charge < -0.3 is 5.11 Å². The van der Waals surface area contributed by atoms with Crippen molar-refractivity contribution in [2.75, 3.05) is 13.1 Å². The summed E-state index contributed by atoms with van der Waals surface area (Å²) in [6.45, 7) is 6.02. The second-order valence-corrected chi connectivity index (χ2v) is 4.45. The maximum absolute atomic E-state index is 11.4. The Kier molecular flexibility index (Phi) is 3.71. The molecule has 1 rings (SSSR count). The lowest BCUT2D eigenvalue weighted by molar-refractivity contribution is -0.305. The Hall–Kier alpha value is -1.07. The standard InChI is InChI=1S/C10H17NO4/c1-10(2,3)15-14-9(13)11-6-4-5-8(12)7-11/h4-5,8,12H,6-7H2,1-3H3. The largest absolute Gasteiger partial charge is 0.441 e. The van der Waals surface area contributed by atoms with E-state index in [4.69, 9.17) is 4.89 Å². The van der Waals surface area contributed by atoms with Crippen LogP contribution < -0.4 is 0 Å². The highest BCUT2D eigenvalue weighted by atomic mass is 17.2. The maximum Gasteiger partial charge on any atom is 0.441 e. The van der Waals surface area contributed by atoms with E-state index < -0.39 is 17.8 Å². The fourth-order valence-electron chi connectivity index (χ4n) is 1.07. The van der Waals surface area contributed by atoms with Gasteiger partial charge in [-0.1, -0.05) is 12.2 Å². The van der Waals surface area contributed by atoms with E-state index in [-0.39, 0.29) is 6.54 Å². The summed E-state index contributed by atoms with van der Waals surface area (Å²) in [6.07, 6.45) is 2.16. The first kappa shape index (κ1) is 12.0. The zero-order chi connectivity index (χ0) is 11.5. The average Bonchev–Trinajstić information content (AvgIpc) is 2.13. The second-order valence-electron chi connectivity index (χ2n) is 4.45. The number of rotatable bonds is 1. The number of aliphatic hydroxyl groups excluding tert-OH is 1. The van der Waals surface area contributed by atoms with Crippen LogP contribution in [0, 0.1) is 0 Å². The van der Waals surface area contributed by atoms with Crippen molar-refractivity contribution in [2.24, 2.45) is 0 Å². The van der Waals surface area contributed by atoms with Crippen LogP contribution in [0.15, 0.2) is 12.2 Å². The lowest BCUT2D eigenvalue weighted by Gasteiger charge is -2.26. The van der Waals surface area contributed by atoms with Gasteiger partial charge in [0.15, 0.2) is 0 Å². The van der Waals surface area contributed by atoms with Crippen molar-refractivity contribution in [3.05, 3.63) is 12.2 Å². The van der Waals surface area contributed by atoms with Gasteiger partial charge in [-0.15, -0.1) is 0 Å². The second kappa shape index (κ2) is 4.63. The van der Waals surface area contributed by atoms with Crippen LogP contribution in [0.25, 0.3) is 0 Å². The molecule has 1 unspecified atom stereocenters. The monoisotopic (exact) mass is 215 g/mol. The van der Waals surface area contributed by atoms with Gasteiger partial charge in [0.25, 0.3) is 0 Å². The third-order valence-electron chi connectivity index (χ3n) is 1.71. The molecule has 0 aromatic rings. The van der Waals surface area contributed by atoms with E-state index in [1.54, 1.807) is 32.9 Å². The van der Waals surface area contributed by atoms with E-state index >= 15 is 0 Å². The van der Waals surface area contributed by atoms with Gasteiger partial charge in [0.05, 0.1) is 12.6 Å². The quantitative estimate of drug-likeness (QED) is 0.404. The minimum absolute atomic E-state index is 0.239. The Bertz CT molecular complexity index is 257. The number of carbonyl (C=O) groups is 1. The first-order valence-corrected chi connectivity index (χ1v) is 4.88. The smallest absolute Gasteiger partial charge is 0.387 e. The van der Waals surface area contributed by atoms with Crippen LogP contribution in [-0.2, 0) is 9.78 Å². The van der Waals surface area contributed by atoms with E-state index in [2.05, 4.69) is 4.89 Å². The molecule has 15 heavy (non-hydrogen) atoms. The molecule has 1 amide bonds. The third kappa shape index (κ3) is 4.31. The summed E-state index contributed by atoms with van der Waals surface area (Å²) in [4.78, 5) is 22.3. The van der Waals surface area contributed by atoms with Crippen molar-refractivity contribution < 1.29 is 19.7 Å². The zero-order valence-corrected chi connectivity index (χ0v) is 9.27. The number of amides is 1. The number of nitrogens with zero attached hydrogens (tertiary/aromatic N) is 1. The predicted molar refractivity (Wildman–Crippen MR) is 54.0 cm³/mol. The molecule has 0 bridgehead atoms. The minimum atomic E-state index is -0.624. The maximum atomic E-state index is 11.4. The lowest BCUT2D eigenvalue weighted by Crippen LogP contribution is -2.40. The first-order chi connectivity index (χ1) is 6.88. The summed E-state index contributed by atoms with van der Waals surface area (Å²) in [7, 11) is 0. The molecule has 0 radical (unpaired) electrons. The Labute approximate surface area is 89.2 Å². The van der Waals surface area contributed by atoms with Crippen LogP contribution in [0.1, 0.15) is 20.8 Å². The molecule has 1 aliphatic heterocycles. The van der Waals surface area contributed by atoms with Crippen LogP contribution in [-0.4, -0.2) is 40.9 Å². The molecule has 0 aromatic heterocycles. The molecule has 0 aromatic carbocycles. The average molecular weight is 215 g/mol. The van der Waals surface area contributed by atoms with Gasteiger partial charge in [0.1, 0.15) is 5.60 Å². The van der Waals surface area contributed by atoms with Gasteiger partial charge in [-0.05, 0) is 20.8 Å². The van der Waals surface area contributed by atoms with Crippen LogP contribution in [0.4, 0.5) is 4.79 Å². The number of aliphatic hydroxyl groups is 1. The summed E-state index contributed by atoms with van der Waals surface area (Å²) in [5, 5.41) is 9.28. The van der Waals surface area contributed by atoms with Crippen molar-refractivity contribution >= 4 is 6.09 Å². The van der Waals surface area contributed by atoms with E-state index in [1.807, 2.05) is 0 Å². The minimum Gasteiger partial charge on any atom is -0.387 e. The Morgan fingerprint density at radius 2 is 2.20 bits per heavy atom. The molecule has 5 heteroatoms. The van der Waals surface area contributed by atoms with E-state index in [0.29, 0.717) is 6.54 Å². The van der Waals surface area contributed by atoms with E-state index in [1.165, 1.54) is 4.90 Å². The van der Waals surface area contributed by atoms with Crippen molar-refractivity contribution in [1.29, 1.82) is 0 Å². The zero-order valence-electron chi connectivity index (χ0n) is 9.27. The van der Waals surface area contributed by atoms with Crippen molar-refractivity contribution in [3.63, 3.8) is 0 Å². The summed E-state index contributed by atoms with van der Waals surface area (Å²) < 4.78 is 0. The SMILES string of the molecule is CC(C)(C)OOC(=O)N1CC=CC(O)C1. The predicted octanol–water partition coefficient (Wildman–Crippen LogP) is 1.09. The molecule has 1 aliphatic rings. The van der Waals surface area contributed by atoms with Crippen LogP contribution in [0.2, 0.25) is 0 Å². The Morgan fingerprint density at radius 3 is 2.73 bits per heavy atom. The van der Waals surface area contributed by atoms with Gasteiger partial charge in [-0.25, -0.2) is 4.79 Å². The van der Waals surface area contributed by atoms with Crippen molar-refractivity contribution in [3.8, 4) is 0 Å². The molecule has 1 N–H and O–H groups in total. The summed E-state index contributed by atoms with van der Waals surface area (Å²) in [5.41, 5.74) is -0.528. The fraction of sp³-hybridized carbons (Fsp3) is 0.700. The van der Waals surface area contributed by atoms with Gasteiger partial charge in [-0.2, -0.15) is 4.89 Å². The molecule has 0 saturated carbocycles. The summed E-state index contributed by atoms with van der Waals surface area (Å²) in [5.74, 6) is 0. The molecular weight excluding hydrogens is 198 g/mol. The highest BCUT2D eigenvalue weighted by Crippen LogP contribution is 2.10. The lowest BCUT2D eigenvalue weighted by atomic mass is 10.2. The van der Waals surface area contributed by atoms with Crippen LogP contribution >= 0.6 is 0 Å². The van der Waals surface area contributed by atoms with Crippen LogP contribution in [0.5, 0.6) is 0 Å². The van der Waals surface area contributed by atoms with E-state index in [0.717, 1.165) is 0 Å². The first-order valence-electron chi connectivity index (χ1n) is 4.88. The summed E-state index contributed by atoms with van der Waals surface area (Å²) in [6, 6.07) is 0. The number of carbonyl (C=O) groups excluding carboxylic acids is 1. The molecule has 1 atom stereocenters. The molecule has 5 nitrogen and oxygen atoms in total. The Morgan fingerprint density at radius 1 is 1.53 bits per heavy atom. The molecule has 1 heterocycles. The van der Waals surface area contributed by atoms with Gasteiger partial charge in [0, 0.05) is 6.54 Å². The molecular formula is C10H17NO4. The molecule has 0 aliphatic carbocycles. The van der Waals surface area contributed by atoms with Gasteiger partial charge in [0.2, 0.25) is 0 Å². The van der Waals surface area contributed by atoms with Crippen molar-refractivity contribution in [2.45, 2.75) is 32.5 Å². The Balaban J connectivity index is 2.38. The molecule has 86 valence electrons. The highest BCUT2D eigenvalue weighted by Gasteiger charge is 2.22. The van der Waals surface area contributed by atoms with E-state index in [9.17, 15) is 9.90 Å². The fourth-order valence-corrected chi connectivity index (χ4v) is 1.07. The number of hydrogen-bond donors (Lipinski definition) is 1. The van der Waals surface area contributed by atoms with Gasteiger partial charge >= 0.3 is 6.09 Å². The number of β-amino-alcohol motifs (C(OH)–C–C–N with tert-alkyl or cyclic N) is 1. The highest BCUT2D eigenvalue weighted by molar-refractivity contribution is 5.67. The molecule has 0 fully saturated rings. The van der Waals surface area contributed by atoms with Crippen LogP contribution in [0.3, 0.4) is 0 Å². The topological polar surface area (TPSA) is 59.0 Å². The van der Waals surface area contributed by atoms with Crippen molar-refractivity contribution in [1.82, 2.24) is 4.90 Å². The van der Waals surface area contributed by atoms with Gasteiger partial charge in [-0.3, -0.25) is 9.79 Å². The third-order valence-corrected chi connectivity index (χ3v) is 1.71. The number of hydrogen-bond acceptors (Lipinski definition) is 4. The molecule has 0 spiro atoms. The normalized spacial score (nSPS) is 21.6. The molecule has 0 saturated heterocycles. The summed E-state index contributed by atoms with van der Waals surface area (Å²) >= 11 is 0.